The average molecular weight is 374 g/mol. The zero-order chi connectivity index (χ0) is 18.4. The molecule has 10 heteroatoms. The first-order valence-corrected chi connectivity index (χ1v) is 9.44. The van der Waals surface area contributed by atoms with Crippen LogP contribution in [0, 0.1) is 10.1 Å². The van der Waals surface area contributed by atoms with Crippen molar-refractivity contribution < 1.29 is 27.6 Å². The van der Waals surface area contributed by atoms with E-state index in [1.54, 1.807) is 13.8 Å². The van der Waals surface area contributed by atoms with Gasteiger partial charge in [-0.25, -0.2) is 8.42 Å². The van der Waals surface area contributed by atoms with Crippen molar-refractivity contribution in [3.63, 3.8) is 0 Å². The smallest absolute Gasteiger partial charge is 0.312 e. The monoisotopic (exact) mass is 374 g/mol. The number of sulfonamides is 1. The van der Waals surface area contributed by atoms with Gasteiger partial charge in [0.2, 0.25) is 10.0 Å². The number of nitro groups is 1. The van der Waals surface area contributed by atoms with Crippen molar-refractivity contribution in [2.75, 3.05) is 33.1 Å². The van der Waals surface area contributed by atoms with Crippen LogP contribution in [0.4, 0.5) is 5.69 Å². The second kappa shape index (κ2) is 8.56. The van der Waals surface area contributed by atoms with Gasteiger partial charge in [0.1, 0.15) is 13.4 Å². The lowest BCUT2D eigenvalue weighted by Crippen LogP contribution is -2.30. The minimum atomic E-state index is -3.78. The van der Waals surface area contributed by atoms with Crippen LogP contribution in [-0.4, -0.2) is 56.8 Å². The van der Waals surface area contributed by atoms with E-state index in [9.17, 15) is 18.5 Å². The molecule has 1 fully saturated rings. The third kappa shape index (κ3) is 4.66. The molecule has 9 nitrogen and oxygen atoms in total. The van der Waals surface area contributed by atoms with E-state index in [4.69, 9.17) is 14.2 Å². The molecule has 0 saturated carbocycles. The van der Waals surface area contributed by atoms with Gasteiger partial charge in [0.15, 0.2) is 5.75 Å². The second-order valence-electron chi connectivity index (χ2n) is 5.39. The molecule has 0 unspecified atom stereocenters. The molecule has 0 aromatic heterocycles. The van der Waals surface area contributed by atoms with Gasteiger partial charge < -0.3 is 14.2 Å². The Morgan fingerprint density at radius 1 is 1.36 bits per heavy atom. The molecule has 2 rings (SSSR count). The van der Waals surface area contributed by atoms with Gasteiger partial charge in [0, 0.05) is 25.6 Å². The molecule has 25 heavy (non-hydrogen) atoms. The van der Waals surface area contributed by atoms with Crippen LogP contribution in [0.1, 0.15) is 20.3 Å². The zero-order valence-electron chi connectivity index (χ0n) is 14.2. The fourth-order valence-electron chi connectivity index (χ4n) is 2.45. The molecule has 0 amide bonds. The minimum Gasteiger partial charge on any atom is -0.484 e. The molecule has 1 heterocycles. The summed E-state index contributed by atoms with van der Waals surface area (Å²) >= 11 is 0. The Balaban J connectivity index is 2.23. The molecule has 1 saturated heterocycles. The Hall–Kier alpha value is -1.75. The number of nitro benzene ring substituents is 1. The standard InChI is InChI=1S/C15H22N2O7S/c1-3-16(4-2)25(20,21)13-5-6-15(14(9-13)17(18)19)23-10-12-7-8-22-11-24-12/h5-6,9,12H,3-4,7-8,10-11H2,1-2H3/t12-/m1/s1. The van der Waals surface area contributed by atoms with Crippen molar-refractivity contribution in [2.45, 2.75) is 31.3 Å². The van der Waals surface area contributed by atoms with Gasteiger partial charge in [-0.05, 0) is 12.1 Å². The van der Waals surface area contributed by atoms with Crippen LogP contribution in [0.2, 0.25) is 0 Å². The Morgan fingerprint density at radius 2 is 2.08 bits per heavy atom. The third-order valence-electron chi connectivity index (χ3n) is 3.87. The van der Waals surface area contributed by atoms with Gasteiger partial charge >= 0.3 is 5.69 Å². The Morgan fingerprint density at radius 3 is 2.64 bits per heavy atom. The van der Waals surface area contributed by atoms with Crippen molar-refractivity contribution in [2.24, 2.45) is 0 Å². The zero-order valence-corrected chi connectivity index (χ0v) is 15.0. The molecule has 1 aromatic rings. The number of hydrogen-bond acceptors (Lipinski definition) is 7. The minimum absolute atomic E-state index is 0.0126. The maximum absolute atomic E-state index is 12.5. The van der Waals surface area contributed by atoms with E-state index in [2.05, 4.69) is 0 Å². The first-order valence-electron chi connectivity index (χ1n) is 8.00. The molecular formula is C15H22N2O7S. The summed E-state index contributed by atoms with van der Waals surface area (Å²) < 4.78 is 42.1. The summed E-state index contributed by atoms with van der Waals surface area (Å²) in [7, 11) is -3.78. The van der Waals surface area contributed by atoms with Gasteiger partial charge in [0.05, 0.1) is 22.5 Å². The van der Waals surface area contributed by atoms with Crippen molar-refractivity contribution in [3.05, 3.63) is 28.3 Å². The molecule has 0 bridgehead atoms. The third-order valence-corrected chi connectivity index (χ3v) is 5.91. The molecule has 0 aliphatic carbocycles. The fourth-order valence-corrected chi connectivity index (χ4v) is 3.93. The maximum Gasteiger partial charge on any atom is 0.312 e. The van der Waals surface area contributed by atoms with E-state index in [1.165, 1.54) is 16.4 Å². The first kappa shape index (κ1) is 19.6. The molecule has 1 aromatic carbocycles. The largest absolute Gasteiger partial charge is 0.484 e. The van der Waals surface area contributed by atoms with E-state index in [1.807, 2.05) is 0 Å². The van der Waals surface area contributed by atoms with Crippen molar-refractivity contribution in [3.8, 4) is 5.75 Å². The summed E-state index contributed by atoms with van der Waals surface area (Å²) in [5.41, 5.74) is -0.389. The van der Waals surface area contributed by atoms with Gasteiger partial charge in [0.25, 0.3) is 0 Å². The summed E-state index contributed by atoms with van der Waals surface area (Å²) in [6, 6.07) is 3.67. The van der Waals surface area contributed by atoms with Crippen LogP contribution in [0.3, 0.4) is 0 Å². The number of ether oxygens (including phenoxy) is 3. The van der Waals surface area contributed by atoms with E-state index >= 15 is 0 Å². The molecule has 1 aliphatic heterocycles. The topological polar surface area (TPSA) is 108 Å². The summed E-state index contributed by atoms with van der Waals surface area (Å²) in [6.45, 7) is 4.82. The highest BCUT2D eigenvalue weighted by Crippen LogP contribution is 2.31. The Kier molecular flexibility index (Phi) is 6.71. The van der Waals surface area contributed by atoms with Crippen molar-refractivity contribution in [1.82, 2.24) is 4.31 Å². The second-order valence-corrected chi connectivity index (χ2v) is 7.33. The van der Waals surface area contributed by atoms with Gasteiger partial charge in [-0.15, -0.1) is 0 Å². The molecule has 0 spiro atoms. The highest BCUT2D eigenvalue weighted by atomic mass is 32.2. The number of nitrogens with zero attached hydrogens (tertiary/aromatic N) is 2. The summed E-state index contributed by atoms with van der Waals surface area (Å²) in [5, 5.41) is 11.3. The lowest BCUT2D eigenvalue weighted by atomic mass is 10.2. The number of hydrogen-bond donors (Lipinski definition) is 0. The highest BCUT2D eigenvalue weighted by molar-refractivity contribution is 7.89. The van der Waals surface area contributed by atoms with Crippen LogP contribution in [0.5, 0.6) is 5.75 Å². The molecule has 140 valence electrons. The van der Waals surface area contributed by atoms with Crippen LogP contribution < -0.4 is 4.74 Å². The quantitative estimate of drug-likeness (QED) is 0.504. The van der Waals surface area contributed by atoms with Crippen LogP contribution >= 0.6 is 0 Å². The predicted molar refractivity (Wildman–Crippen MR) is 89.0 cm³/mol. The summed E-state index contributed by atoms with van der Waals surface area (Å²) in [5.74, 6) is 0.0126. The first-order chi connectivity index (χ1) is 11.9. The Labute approximate surface area is 146 Å². The molecule has 1 aliphatic rings. The highest BCUT2D eigenvalue weighted by Gasteiger charge is 2.27. The summed E-state index contributed by atoms with van der Waals surface area (Å²) in [4.78, 5) is 10.5. The van der Waals surface area contributed by atoms with E-state index in [0.717, 1.165) is 6.07 Å². The van der Waals surface area contributed by atoms with Gasteiger partial charge in [-0.3, -0.25) is 10.1 Å². The van der Waals surface area contributed by atoms with Crippen molar-refractivity contribution in [1.29, 1.82) is 0 Å². The summed E-state index contributed by atoms with van der Waals surface area (Å²) in [6.07, 6.45) is 0.412. The fraction of sp³-hybridized carbons (Fsp3) is 0.600. The Bertz CT molecular complexity index is 698. The van der Waals surface area contributed by atoms with E-state index in [-0.39, 0.29) is 48.9 Å². The number of rotatable bonds is 8. The normalized spacial score (nSPS) is 18.3. The SMILES string of the molecule is CCN(CC)S(=O)(=O)c1ccc(OC[C@H]2CCOCO2)c([N+](=O)[O-])c1. The van der Waals surface area contributed by atoms with Gasteiger partial charge in [-0.1, -0.05) is 13.8 Å². The number of benzene rings is 1. The lowest BCUT2D eigenvalue weighted by Gasteiger charge is -2.23. The van der Waals surface area contributed by atoms with E-state index < -0.39 is 14.9 Å². The molecule has 0 radical (unpaired) electrons. The van der Waals surface area contributed by atoms with Gasteiger partial charge in [-0.2, -0.15) is 4.31 Å². The molecule has 1 atom stereocenters. The average Bonchev–Trinajstić information content (AvgIpc) is 2.61. The van der Waals surface area contributed by atoms with Crippen LogP contribution in [0.25, 0.3) is 0 Å². The molecular weight excluding hydrogens is 352 g/mol. The lowest BCUT2D eigenvalue weighted by molar-refractivity contribution is -0.386. The van der Waals surface area contributed by atoms with Crippen LogP contribution in [-0.2, 0) is 19.5 Å². The van der Waals surface area contributed by atoms with Crippen LogP contribution in [0.15, 0.2) is 23.1 Å². The predicted octanol–water partition coefficient (Wildman–Crippen LogP) is 1.77. The maximum atomic E-state index is 12.5. The van der Waals surface area contributed by atoms with Crippen molar-refractivity contribution >= 4 is 15.7 Å². The molecule has 0 N–H and O–H groups in total. The van der Waals surface area contributed by atoms with E-state index in [0.29, 0.717) is 13.0 Å².